The summed E-state index contributed by atoms with van der Waals surface area (Å²) in [6, 6.07) is 13.5. The highest BCUT2D eigenvalue weighted by molar-refractivity contribution is 6.32. The van der Waals surface area contributed by atoms with Gasteiger partial charge in [-0.25, -0.2) is 9.07 Å². The largest absolute Gasteiger partial charge is 0.470 e. The molecule has 9 heteroatoms. The molecule has 1 aliphatic heterocycles. The summed E-state index contributed by atoms with van der Waals surface area (Å²) >= 11 is 12.2. The fraction of sp³-hybridized carbons (Fsp3) is 0.273. The van der Waals surface area contributed by atoms with Crippen molar-refractivity contribution in [1.29, 1.82) is 0 Å². The maximum atomic E-state index is 14.1. The molecule has 162 valence electrons. The normalized spacial score (nSPS) is 14.6. The summed E-state index contributed by atoms with van der Waals surface area (Å²) < 4.78 is 21.3. The second-order valence-electron chi connectivity index (χ2n) is 7.19. The molecule has 2 heterocycles. The molecule has 0 atom stereocenters. The van der Waals surface area contributed by atoms with Crippen molar-refractivity contribution in [1.82, 2.24) is 19.6 Å². The number of ether oxygens (including phenoxy) is 1. The maximum absolute atomic E-state index is 14.1. The Morgan fingerprint density at radius 3 is 2.48 bits per heavy atom. The van der Waals surface area contributed by atoms with Crippen LogP contribution in [0.3, 0.4) is 0 Å². The van der Waals surface area contributed by atoms with Crippen LogP contribution in [0.4, 0.5) is 4.39 Å². The average Bonchev–Trinajstić information content (AvgIpc) is 3.24. The molecule has 6 nitrogen and oxygen atoms in total. The molecule has 0 N–H and O–H groups in total. The van der Waals surface area contributed by atoms with Crippen LogP contribution in [0.25, 0.3) is 0 Å². The number of carbonyl (C=O) groups is 1. The Morgan fingerprint density at radius 2 is 1.74 bits per heavy atom. The van der Waals surface area contributed by atoms with Crippen LogP contribution in [-0.4, -0.2) is 51.7 Å². The van der Waals surface area contributed by atoms with E-state index in [2.05, 4.69) is 10.00 Å². The van der Waals surface area contributed by atoms with Crippen molar-refractivity contribution in [2.75, 3.05) is 26.2 Å². The van der Waals surface area contributed by atoms with Crippen LogP contribution in [0, 0.1) is 5.82 Å². The zero-order valence-corrected chi connectivity index (χ0v) is 18.2. The molecule has 0 saturated carbocycles. The van der Waals surface area contributed by atoms with E-state index in [0.717, 1.165) is 0 Å². The lowest BCUT2D eigenvalue weighted by atomic mass is 10.1. The molecular weight excluding hydrogens is 442 g/mol. The zero-order valence-electron chi connectivity index (χ0n) is 16.7. The SMILES string of the molecule is O=C(c1ccnn1COc1ccccc1Cl)N1CCN(Cc2c(F)cccc2Cl)CC1. The Balaban J connectivity index is 1.35. The van der Waals surface area contributed by atoms with E-state index in [4.69, 9.17) is 27.9 Å². The van der Waals surface area contributed by atoms with Gasteiger partial charge in [-0.2, -0.15) is 5.10 Å². The minimum Gasteiger partial charge on any atom is -0.470 e. The highest BCUT2D eigenvalue weighted by Crippen LogP contribution is 2.24. The summed E-state index contributed by atoms with van der Waals surface area (Å²) in [7, 11) is 0. The predicted octanol–water partition coefficient (Wildman–Crippen LogP) is 4.32. The van der Waals surface area contributed by atoms with Crippen LogP contribution in [-0.2, 0) is 13.3 Å². The van der Waals surface area contributed by atoms with Crippen LogP contribution >= 0.6 is 23.2 Å². The minimum atomic E-state index is -0.312. The molecule has 1 amide bonds. The molecule has 3 aromatic rings. The summed E-state index contributed by atoms with van der Waals surface area (Å²) in [4.78, 5) is 16.9. The molecule has 0 radical (unpaired) electrons. The first-order chi connectivity index (χ1) is 15.0. The lowest BCUT2D eigenvalue weighted by Crippen LogP contribution is -2.48. The van der Waals surface area contributed by atoms with Crippen molar-refractivity contribution in [2.45, 2.75) is 13.3 Å². The summed E-state index contributed by atoms with van der Waals surface area (Å²) in [6.45, 7) is 2.80. The van der Waals surface area contributed by atoms with Gasteiger partial charge in [0.15, 0.2) is 6.73 Å². The Kier molecular flexibility index (Phi) is 6.75. The van der Waals surface area contributed by atoms with Crippen molar-refractivity contribution in [3.8, 4) is 5.75 Å². The summed E-state index contributed by atoms with van der Waals surface area (Å²) in [5, 5.41) is 5.11. The standard InChI is InChI=1S/C22H21Cl2FN4O2/c23-17-5-3-6-19(25)16(17)14-27-10-12-28(13-11-27)22(30)20-8-9-26-29(20)15-31-21-7-2-1-4-18(21)24/h1-9H,10-15H2. The van der Waals surface area contributed by atoms with Crippen LogP contribution in [0.15, 0.2) is 54.7 Å². The van der Waals surface area contributed by atoms with Gasteiger partial charge in [-0.05, 0) is 30.3 Å². The third-order valence-corrected chi connectivity index (χ3v) is 5.88. The van der Waals surface area contributed by atoms with E-state index in [9.17, 15) is 9.18 Å². The molecule has 31 heavy (non-hydrogen) atoms. The molecule has 0 aliphatic carbocycles. The third-order valence-electron chi connectivity index (χ3n) is 5.22. The number of carbonyl (C=O) groups excluding carboxylic acids is 1. The van der Waals surface area contributed by atoms with Crippen LogP contribution < -0.4 is 4.74 Å². The Morgan fingerprint density at radius 1 is 1.00 bits per heavy atom. The molecule has 2 aromatic carbocycles. The van der Waals surface area contributed by atoms with Crippen LogP contribution in [0.2, 0.25) is 10.0 Å². The topological polar surface area (TPSA) is 50.6 Å². The van der Waals surface area contributed by atoms with Gasteiger partial charge in [-0.1, -0.05) is 41.4 Å². The van der Waals surface area contributed by atoms with Gasteiger partial charge in [0.25, 0.3) is 5.91 Å². The monoisotopic (exact) mass is 462 g/mol. The van der Waals surface area contributed by atoms with E-state index in [0.29, 0.717) is 59.8 Å². The number of hydrogen-bond acceptors (Lipinski definition) is 4. The number of aromatic nitrogens is 2. The lowest BCUT2D eigenvalue weighted by molar-refractivity contribution is 0.0606. The van der Waals surface area contributed by atoms with Gasteiger partial charge in [0, 0.05) is 49.5 Å². The Bertz CT molecular complexity index is 1050. The molecule has 1 saturated heterocycles. The van der Waals surface area contributed by atoms with E-state index >= 15 is 0 Å². The molecule has 1 aromatic heterocycles. The average molecular weight is 463 g/mol. The molecule has 1 fully saturated rings. The number of hydrogen-bond donors (Lipinski definition) is 0. The van der Waals surface area contributed by atoms with Gasteiger partial charge >= 0.3 is 0 Å². The first-order valence-corrected chi connectivity index (χ1v) is 10.6. The maximum Gasteiger partial charge on any atom is 0.272 e. The number of piperazine rings is 1. The first kappa shape index (κ1) is 21.6. The lowest BCUT2D eigenvalue weighted by Gasteiger charge is -2.35. The van der Waals surface area contributed by atoms with E-state index in [1.165, 1.54) is 10.7 Å². The van der Waals surface area contributed by atoms with Crippen molar-refractivity contribution in [3.63, 3.8) is 0 Å². The van der Waals surface area contributed by atoms with Gasteiger partial charge in [-0.15, -0.1) is 0 Å². The quantitative estimate of drug-likeness (QED) is 0.547. The highest BCUT2D eigenvalue weighted by atomic mass is 35.5. The molecule has 4 rings (SSSR count). The summed E-state index contributed by atoms with van der Waals surface area (Å²) in [6.07, 6.45) is 1.57. The molecule has 0 unspecified atom stereocenters. The minimum absolute atomic E-state index is 0.0730. The first-order valence-electron chi connectivity index (χ1n) is 9.86. The highest BCUT2D eigenvalue weighted by Gasteiger charge is 2.25. The van der Waals surface area contributed by atoms with E-state index < -0.39 is 0 Å². The fourth-order valence-corrected chi connectivity index (χ4v) is 3.90. The number of nitrogens with zero attached hydrogens (tertiary/aromatic N) is 4. The van der Waals surface area contributed by atoms with E-state index in [1.54, 1.807) is 41.4 Å². The van der Waals surface area contributed by atoms with E-state index in [-0.39, 0.29) is 18.5 Å². The van der Waals surface area contributed by atoms with Gasteiger partial charge in [0.2, 0.25) is 0 Å². The van der Waals surface area contributed by atoms with E-state index in [1.807, 2.05) is 12.1 Å². The molecule has 0 bridgehead atoms. The number of benzene rings is 2. The zero-order chi connectivity index (χ0) is 21.8. The number of rotatable bonds is 6. The van der Waals surface area contributed by atoms with Crippen molar-refractivity contribution in [3.05, 3.63) is 81.8 Å². The smallest absolute Gasteiger partial charge is 0.272 e. The van der Waals surface area contributed by atoms with Crippen molar-refractivity contribution < 1.29 is 13.9 Å². The second kappa shape index (κ2) is 9.68. The third kappa shape index (κ3) is 5.01. The second-order valence-corrected chi connectivity index (χ2v) is 8.00. The van der Waals surface area contributed by atoms with Gasteiger partial charge < -0.3 is 9.64 Å². The fourth-order valence-electron chi connectivity index (χ4n) is 3.49. The Hall–Kier alpha value is -2.61. The van der Waals surface area contributed by atoms with Gasteiger partial charge in [-0.3, -0.25) is 9.69 Å². The number of amides is 1. The summed E-state index contributed by atoms with van der Waals surface area (Å²) in [5.74, 6) is 0.0933. The van der Waals surface area contributed by atoms with Crippen molar-refractivity contribution in [2.24, 2.45) is 0 Å². The molecular formula is C22H21Cl2FN4O2. The van der Waals surface area contributed by atoms with Gasteiger partial charge in [0.1, 0.15) is 17.3 Å². The van der Waals surface area contributed by atoms with Crippen molar-refractivity contribution >= 4 is 29.1 Å². The number of halogens is 3. The van der Waals surface area contributed by atoms with Crippen LogP contribution in [0.1, 0.15) is 16.1 Å². The molecule has 0 spiro atoms. The van der Waals surface area contributed by atoms with Crippen LogP contribution in [0.5, 0.6) is 5.75 Å². The predicted molar refractivity (Wildman–Crippen MR) is 117 cm³/mol. The number of para-hydroxylation sites is 1. The van der Waals surface area contributed by atoms with Gasteiger partial charge in [0.05, 0.1) is 5.02 Å². The Labute approximate surface area is 189 Å². The summed E-state index contributed by atoms with van der Waals surface area (Å²) in [5.41, 5.74) is 0.927. The molecule has 1 aliphatic rings.